The zero-order chi connectivity index (χ0) is 27.7. The molecule has 1 aliphatic rings. The fourth-order valence-corrected chi connectivity index (χ4v) is 5.53. The lowest BCUT2D eigenvalue weighted by Crippen LogP contribution is -2.34. The molecule has 1 atom stereocenters. The summed E-state index contributed by atoms with van der Waals surface area (Å²) in [5.74, 6) is -1.69. The summed E-state index contributed by atoms with van der Waals surface area (Å²) in [7, 11) is 0. The summed E-state index contributed by atoms with van der Waals surface area (Å²) < 4.78 is 27.1. The predicted molar refractivity (Wildman–Crippen MR) is 150 cm³/mol. The molecule has 0 spiro atoms. The number of unbranched alkanes of at least 4 members (excludes halogenated alkanes) is 1. The fourth-order valence-electron chi connectivity index (χ4n) is 4.92. The maximum Gasteiger partial charge on any atom is 0.354 e. The summed E-state index contributed by atoms with van der Waals surface area (Å²) in [5, 5.41) is 10.5. The number of nitrogens with zero attached hydrogens (tertiary/aromatic N) is 3. The molecule has 1 unspecified atom stereocenters. The van der Waals surface area contributed by atoms with Crippen molar-refractivity contribution in [2.45, 2.75) is 52.5 Å². The molecule has 8 nitrogen and oxygen atoms in total. The molecule has 0 radical (unpaired) electrons. The van der Waals surface area contributed by atoms with Crippen molar-refractivity contribution >= 4 is 39.9 Å². The summed E-state index contributed by atoms with van der Waals surface area (Å²) in [5.41, 5.74) is 5.43. The van der Waals surface area contributed by atoms with E-state index in [4.69, 9.17) is 0 Å². The monoisotopic (exact) mass is 544 g/mol. The quantitative estimate of drug-likeness (QED) is 0.258. The van der Waals surface area contributed by atoms with E-state index in [1.807, 2.05) is 43.3 Å². The number of hydrogen-bond acceptors (Lipinski definition) is 5. The lowest BCUT2D eigenvalue weighted by atomic mass is 10.0. The van der Waals surface area contributed by atoms with Gasteiger partial charge >= 0.3 is 5.97 Å². The fraction of sp³-hybridized carbons (Fsp3) is 0.300. The highest BCUT2D eigenvalue weighted by molar-refractivity contribution is 7.81. The topological polar surface area (TPSA) is 116 Å². The van der Waals surface area contributed by atoms with Crippen LogP contribution in [0.25, 0.3) is 22.2 Å². The van der Waals surface area contributed by atoms with Crippen molar-refractivity contribution in [3.05, 3.63) is 83.2 Å². The molecule has 1 aliphatic carbocycles. The van der Waals surface area contributed by atoms with Gasteiger partial charge in [0.25, 0.3) is 0 Å². The standard InChI is InChI=1S/C30H31N3O5S/c1-3-4-7-23-17-25-19(2)16-26(30(35)36)31-28(25)32(23)18-20-10-12-21(13-11-20)24-8-5-6-9-27(24)33(39(37)38)29(34)22-14-15-22/h5-6,8-13,16-17,22H,3-4,7,14-15,18H2,1-2H3,(H,35,36)(H,37,38)/p-1. The Bertz CT molecular complexity index is 1570. The highest BCUT2D eigenvalue weighted by Crippen LogP contribution is 2.37. The van der Waals surface area contributed by atoms with E-state index in [1.165, 1.54) is 0 Å². The number of aryl methyl sites for hydroxylation is 2. The average Bonchev–Trinajstić information content (AvgIpc) is 3.71. The van der Waals surface area contributed by atoms with Crippen LogP contribution in [-0.2, 0) is 29.0 Å². The number of aromatic nitrogens is 2. The number of benzene rings is 2. The summed E-state index contributed by atoms with van der Waals surface area (Å²) in [6.07, 6.45) is 4.32. The van der Waals surface area contributed by atoms with Gasteiger partial charge in [-0.1, -0.05) is 55.8 Å². The van der Waals surface area contributed by atoms with Gasteiger partial charge in [0, 0.05) is 29.1 Å². The Kier molecular flexibility index (Phi) is 7.63. The van der Waals surface area contributed by atoms with E-state index in [9.17, 15) is 23.5 Å². The van der Waals surface area contributed by atoms with E-state index in [0.29, 0.717) is 36.3 Å². The van der Waals surface area contributed by atoms with Crippen molar-refractivity contribution in [2.75, 3.05) is 4.31 Å². The Morgan fingerprint density at radius 1 is 1.13 bits per heavy atom. The van der Waals surface area contributed by atoms with Crippen molar-refractivity contribution in [1.82, 2.24) is 9.55 Å². The molecule has 1 fully saturated rings. The lowest BCUT2D eigenvalue weighted by molar-refractivity contribution is -0.118. The largest absolute Gasteiger partial charge is 0.755 e. The minimum Gasteiger partial charge on any atom is -0.755 e. The van der Waals surface area contributed by atoms with Gasteiger partial charge in [0.05, 0.1) is 17.0 Å². The highest BCUT2D eigenvalue weighted by atomic mass is 32.2. The number of pyridine rings is 1. The van der Waals surface area contributed by atoms with Crippen molar-refractivity contribution < 1.29 is 23.5 Å². The van der Waals surface area contributed by atoms with Crippen LogP contribution in [0.4, 0.5) is 5.69 Å². The van der Waals surface area contributed by atoms with E-state index in [2.05, 4.69) is 22.5 Å². The number of fused-ring (bicyclic) bond motifs is 1. The van der Waals surface area contributed by atoms with Gasteiger partial charge in [0.2, 0.25) is 5.91 Å². The number of carbonyl (C=O) groups excluding carboxylic acids is 1. The number of anilines is 1. The second kappa shape index (κ2) is 11.1. The highest BCUT2D eigenvalue weighted by Gasteiger charge is 2.35. The number of carbonyl (C=O) groups is 2. The van der Waals surface area contributed by atoms with E-state index in [-0.39, 0.29) is 11.6 Å². The van der Waals surface area contributed by atoms with E-state index in [0.717, 1.165) is 51.3 Å². The van der Waals surface area contributed by atoms with Crippen LogP contribution in [0.15, 0.2) is 60.7 Å². The molecule has 2 aromatic carbocycles. The van der Waals surface area contributed by atoms with Crippen molar-refractivity contribution in [2.24, 2.45) is 5.92 Å². The number of para-hydroxylation sites is 1. The number of aromatic carboxylic acids is 1. The first-order valence-electron chi connectivity index (χ1n) is 13.1. The van der Waals surface area contributed by atoms with E-state index in [1.54, 1.807) is 18.2 Å². The molecule has 2 heterocycles. The number of carboxylic acid groups (broad SMARTS) is 1. The third kappa shape index (κ3) is 5.51. The maximum absolute atomic E-state index is 12.8. The predicted octanol–water partition coefficient (Wildman–Crippen LogP) is 5.64. The van der Waals surface area contributed by atoms with Gasteiger partial charge in [-0.15, -0.1) is 0 Å². The van der Waals surface area contributed by atoms with Gasteiger partial charge in [0.1, 0.15) is 5.65 Å². The van der Waals surface area contributed by atoms with Crippen molar-refractivity contribution in [3.63, 3.8) is 0 Å². The second-order valence-corrected chi connectivity index (χ2v) is 10.8. The Morgan fingerprint density at radius 2 is 1.85 bits per heavy atom. The van der Waals surface area contributed by atoms with Crippen LogP contribution >= 0.6 is 0 Å². The molecule has 0 bridgehead atoms. The third-order valence-corrected chi connectivity index (χ3v) is 7.84. The first-order chi connectivity index (χ1) is 18.8. The first kappa shape index (κ1) is 26.8. The minimum atomic E-state index is -2.72. The van der Waals surface area contributed by atoms with Crippen LogP contribution in [0.1, 0.15) is 59.9 Å². The normalized spacial score (nSPS) is 13.9. The molecule has 0 saturated heterocycles. The van der Waals surface area contributed by atoms with Crippen molar-refractivity contribution in [3.8, 4) is 11.1 Å². The Balaban J connectivity index is 1.50. The summed E-state index contributed by atoms with van der Waals surface area (Å²) >= 11 is -2.72. The van der Waals surface area contributed by atoms with Crippen LogP contribution < -0.4 is 4.31 Å². The molecular formula is C30H30N3O5S-. The van der Waals surface area contributed by atoms with Gasteiger partial charge in [0.15, 0.2) is 5.69 Å². The SMILES string of the molecule is CCCCc1cc2c(C)cc(C(=O)O)nc2n1Cc1ccc(-c2ccccc2N(C(=O)C2CC2)S(=O)[O-])cc1. The Labute approximate surface area is 229 Å². The smallest absolute Gasteiger partial charge is 0.354 e. The molecule has 2 aromatic heterocycles. The zero-order valence-corrected chi connectivity index (χ0v) is 22.7. The van der Waals surface area contributed by atoms with Gasteiger partial charge in [-0.25, -0.2) is 14.1 Å². The van der Waals surface area contributed by atoms with Crippen LogP contribution in [0, 0.1) is 12.8 Å². The van der Waals surface area contributed by atoms with E-state index >= 15 is 0 Å². The van der Waals surface area contributed by atoms with Crippen LogP contribution in [-0.4, -0.2) is 35.3 Å². The zero-order valence-electron chi connectivity index (χ0n) is 21.9. The number of hydrogen-bond donors (Lipinski definition) is 1. The maximum atomic E-state index is 12.8. The van der Waals surface area contributed by atoms with Gasteiger partial charge in [-0.3, -0.25) is 9.00 Å². The second-order valence-electron chi connectivity index (χ2n) is 10.0. The molecule has 1 saturated carbocycles. The Morgan fingerprint density at radius 3 is 2.49 bits per heavy atom. The minimum absolute atomic E-state index is 0.0226. The third-order valence-electron chi connectivity index (χ3n) is 7.17. The molecule has 9 heteroatoms. The molecule has 39 heavy (non-hydrogen) atoms. The van der Waals surface area contributed by atoms with Crippen LogP contribution in [0.5, 0.6) is 0 Å². The molecule has 1 amide bonds. The molecular weight excluding hydrogens is 514 g/mol. The number of carboxylic acids is 1. The van der Waals surface area contributed by atoms with Gasteiger partial charge in [-0.05, 0) is 67.5 Å². The molecule has 202 valence electrons. The van der Waals surface area contributed by atoms with Crippen LogP contribution in [0.3, 0.4) is 0 Å². The van der Waals surface area contributed by atoms with Gasteiger partial charge in [-0.2, -0.15) is 0 Å². The lowest BCUT2D eigenvalue weighted by Gasteiger charge is -2.26. The number of rotatable bonds is 10. The molecule has 1 N–H and O–H groups in total. The molecule has 0 aliphatic heterocycles. The molecule has 5 rings (SSSR count). The summed E-state index contributed by atoms with van der Waals surface area (Å²) in [6.45, 7) is 4.55. The molecule has 4 aromatic rings. The first-order valence-corrected chi connectivity index (χ1v) is 14.2. The van der Waals surface area contributed by atoms with Crippen LogP contribution in [0.2, 0.25) is 0 Å². The van der Waals surface area contributed by atoms with Gasteiger partial charge < -0.3 is 14.2 Å². The number of amides is 1. The summed E-state index contributed by atoms with van der Waals surface area (Å²) in [6, 6.07) is 18.5. The Hall–Kier alpha value is -3.82. The average molecular weight is 545 g/mol. The summed E-state index contributed by atoms with van der Waals surface area (Å²) in [4.78, 5) is 28.9. The van der Waals surface area contributed by atoms with E-state index < -0.39 is 23.1 Å². The van der Waals surface area contributed by atoms with Crippen molar-refractivity contribution in [1.29, 1.82) is 0 Å².